The van der Waals surface area contributed by atoms with Gasteiger partial charge in [0.1, 0.15) is 0 Å². The second-order valence-electron chi connectivity index (χ2n) is 4.41. The third kappa shape index (κ3) is 76.6. The number of nitrogens with zero attached hydrogens (tertiary/aromatic N) is 1. The van der Waals surface area contributed by atoms with Crippen LogP contribution in [0.3, 0.4) is 0 Å². The molecule has 0 rings (SSSR count). The Kier molecular flexibility index (Phi) is 59.6. The van der Waals surface area contributed by atoms with Crippen molar-refractivity contribution in [3.63, 3.8) is 0 Å². The molecule has 126 valence electrons. The van der Waals surface area contributed by atoms with Gasteiger partial charge in [0.25, 0.3) is 0 Å². The zero-order chi connectivity index (χ0) is 15.7. The van der Waals surface area contributed by atoms with Crippen molar-refractivity contribution in [1.29, 1.82) is 0 Å². The van der Waals surface area contributed by atoms with Gasteiger partial charge in [0.05, 0.1) is 0 Å². The number of hydrogen-bond donors (Lipinski definition) is 1. The fraction of sp³-hybridized carbons (Fsp3) is 0.625. The maximum Gasteiger partial charge on any atom is 0 e. The standard InChI is InChI=1S/C7H15N.C3H7N.2C3H7.2W/c1-6(2)8(5)7(3)4;1-3(2)4;2*1-3-2;;/h6-7H,1-2H2,3-5H3;1,4H2,2H3;2*3H,1-2H3;;/q-2;;2*-1;;. The topological polar surface area (TPSA) is 29.3 Å². The Morgan fingerprint density at radius 3 is 1.20 bits per heavy atom. The third-order valence-corrected chi connectivity index (χ3v) is 1.39. The van der Waals surface area contributed by atoms with E-state index in [1.54, 1.807) is 6.92 Å². The monoisotopic (exact) mass is 624 g/mol. The predicted octanol–water partition coefficient (Wildman–Crippen LogP) is 4.30. The van der Waals surface area contributed by atoms with Gasteiger partial charge in [-0.05, 0) is 25.7 Å². The zero-order valence-corrected chi connectivity index (χ0v) is 20.6. The molecule has 2 nitrogen and oxygen atoms in total. The van der Waals surface area contributed by atoms with Crippen LogP contribution in [0.5, 0.6) is 0 Å². The Morgan fingerprint density at radius 2 is 1.20 bits per heavy atom. The molecule has 0 aromatic heterocycles. The molecule has 0 aliphatic rings. The number of hydrogen-bond acceptors (Lipinski definition) is 2. The predicted molar refractivity (Wildman–Crippen MR) is 87.7 cm³/mol. The van der Waals surface area contributed by atoms with Gasteiger partial charge in [-0.2, -0.15) is 27.7 Å². The number of nitrogens with two attached hydrogens (primary N) is 1. The van der Waals surface area contributed by atoms with Crippen molar-refractivity contribution < 1.29 is 42.1 Å². The summed E-state index contributed by atoms with van der Waals surface area (Å²) < 4.78 is 0. The first-order chi connectivity index (χ1) is 8.11. The molecule has 0 bridgehead atoms. The smallest absolute Gasteiger partial charge is 0 e. The minimum Gasteiger partial charge on any atom is -0.403 e. The van der Waals surface area contributed by atoms with Crippen LogP contribution < -0.4 is 5.73 Å². The Hall–Kier alpha value is 0.877. The third-order valence-electron chi connectivity index (χ3n) is 1.39. The van der Waals surface area contributed by atoms with E-state index in [9.17, 15) is 0 Å². The number of allylic oxidation sites excluding steroid dienone is 1. The molecule has 0 atom stereocenters. The van der Waals surface area contributed by atoms with Crippen LogP contribution in [0.2, 0.25) is 0 Å². The Morgan fingerprint density at radius 1 is 1.05 bits per heavy atom. The summed E-state index contributed by atoms with van der Waals surface area (Å²) >= 11 is 0. The second-order valence-corrected chi connectivity index (χ2v) is 4.41. The van der Waals surface area contributed by atoms with Crippen LogP contribution in [0.1, 0.15) is 48.5 Å². The molecule has 0 fully saturated rings. The average Bonchev–Trinajstić information content (AvgIpc) is 2.17. The molecule has 0 aromatic carbocycles. The number of rotatable bonds is 2. The molecule has 0 aromatic rings. The van der Waals surface area contributed by atoms with Crippen molar-refractivity contribution in [3.05, 3.63) is 39.0 Å². The summed E-state index contributed by atoms with van der Waals surface area (Å²) in [4.78, 5) is 2.11. The minimum absolute atomic E-state index is 0. The minimum atomic E-state index is 0. The summed E-state index contributed by atoms with van der Waals surface area (Å²) in [7, 11) is 2.02. The van der Waals surface area contributed by atoms with Gasteiger partial charge in [0.15, 0.2) is 0 Å². The maximum atomic E-state index is 4.92. The summed E-state index contributed by atoms with van der Waals surface area (Å²) in [6.45, 7) is 24.9. The van der Waals surface area contributed by atoms with Crippen molar-refractivity contribution in [2.24, 2.45) is 5.73 Å². The van der Waals surface area contributed by atoms with Crippen molar-refractivity contribution in [2.45, 2.75) is 60.5 Å². The van der Waals surface area contributed by atoms with Gasteiger partial charge in [-0.3, -0.25) is 0 Å². The molecular formula is C16H36N2W2-4. The van der Waals surface area contributed by atoms with E-state index < -0.39 is 0 Å². The van der Waals surface area contributed by atoms with Gasteiger partial charge in [-0.1, -0.05) is 20.4 Å². The van der Waals surface area contributed by atoms with Gasteiger partial charge < -0.3 is 37.3 Å². The van der Waals surface area contributed by atoms with Crippen LogP contribution in [0.4, 0.5) is 0 Å². The summed E-state index contributed by atoms with van der Waals surface area (Å²) in [5, 5.41) is 0. The van der Waals surface area contributed by atoms with Gasteiger partial charge in [0, 0.05) is 42.1 Å². The van der Waals surface area contributed by atoms with Crippen LogP contribution in [-0.4, -0.2) is 24.0 Å². The molecular weight excluding hydrogens is 588 g/mol. The summed E-state index contributed by atoms with van der Waals surface area (Å²) in [6, 6.07) is 0.727. The first-order valence-corrected chi connectivity index (χ1v) is 6.39. The molecule has 20 heavy (non-hydrogen) atoms. The van der Waals surface area contributed by atoms with Gasteiger partial charge in [-0.25, -0.2) is 6.04 Å². The second kappa shape index (κ2) is 32.0. The van der Waals surface area contributed by atoms with Gasteiger partial charge in [0.2, 0.25) is 0 Å². The Balaban J connectivity index is -0.0000000352. The van der Waals surface area contributed by atoms with E-state index in [-0.39, 0.29) is 48.2 Å². The largest absolute Gasteiger partial charge is 0.403 e. The molecule has 0 saturated heterocycles. The fourth-order valence-corrected chi connectivity index (χ4v) is 0.422. The van der Waals surface area contributed by atoms with Crippen LogP contribution in [-0.2, 0) is 42.1 Å². The van der Waals surface area contributed by atoms with Crippen LogP contribution in [0.25, 0.3) is 0 Å². The first kappa shape index (κ1) is 37.3. The normalized spacial score (nSPS) is 7.85. The van der Waals surface area contributed by atoms with E-state index in [1.165, 1.54) is 0 Å². The molecule has 0 aliphatic carbocycles. The van der Waals surface area contributed by atoms with Crippen LogP contribution in [0.15, 0.2) is 12.3 Å². The van der Waals surface area contributed by atoms with E-state index in [0.29, 0.717) is 11.7 Å². The Labute approximate surface area is 158 Å². The average molecular weight is 624 g/mol. The first-order valence-electron chi connectivity index (χ1n) is 6.39. The van der Waals surface area contributed by atoms with E-state index in [1.807, 2.05) is 47.6 Å². The van der Waals surface area contributed by atoms with Crippen molar-refractivity contribution in [3.8, 4) is 0 Å². The van der Waals surface area contributed by atoms with Gasteiger partial charge >= 0.3 is 0 Å². The molecule has 0 heterocycles. The van der Waals surface area contributed by atoms with Crippen molar-refractivity contribution in [2.75, 3.05) is 7.05 Å². The van der Waals surface area contributed by atoms with E-state index in [4.69, 9.17) is 5.73 Å². The summed E-state index contributed by atoms with van der Waals surface area (Å²) in [6.07, 6.45) is 4.00. The van der Waals surface area contributed by atoms with E-state index in [0.717, 1.165) is 0 Å². The summed E-state index contributed by atoms with van der Waals surface area (Å²) in [5.41, 5.74) is 5.58. The van der Waals surface area contributed by atoms with Crippen LogP contribution in [0, 0.1) is 26.7 Å². The quantitative estimate of drug-likeness (QED) is 0.465. The van der Waals surface area contributed by atoms with E-state index >= 15 is 0 Å². The fourth-order valence-electron chi connectivity index (χ4n) is 0.422. The van der Waals surface area contributed by atoms with Crippen molar-refractivity contribution >= 4 is 0 Å². The molecule has 0 radical (unpaired) electrons. The maximum absolute atomic E-state index is 4.92. The molecule has 2 N–H and O–H groups in total. The van der Waals surface area contributed by atoms with Crippen LogP contribution >= 0.6 is 0 Å². The molecule has 0 spiro atoms. The molecule has 0 amide bonds. The summed E-state index contributed by atoms with van der Waals surface area (Å²) in [5.74, 6) is 0. The molecule has 0 saturated carbocycles. The van der Waals surface area contributed by atoms with E-state index in [2.05, 4.69) is 39.2 Å². The molecule has 0 aliphatic heterocycles. The molecule has 0 unspecified atom stereocenters. The zero-order valence-electron chi connectivity index (χ0n) is 14.8. The SMILES string of the molecule is C=C(C)N.C[CH-]C.C[CH-]C.[CH2-]C([CH2-])N(C)C(C)C.[W].[W]. The van der Waals surface area contributed by atoms with Gasteiger partial charge in [-0.15, -0.1) is 0 Å². The Bertz CT molecular complexity index is 135. The molecule has 4 heteroatoms. The van der Waals surface area contributed by atoms with Crippen molar-refractivity contribution in [1.82, 2.24) is 4.90 Å².